The third kappa shape index (κ3) is 2.44. The van der Waals surface area contributed by atoms with Gasteiger partial charge in [-0.2, -0.15) is 12.6 Å². The topological polar surface area (TPSA) is 57.6 Å². The zero-order valence-corrected chi connectivity index (χ0v) is 10.1. The van der Waals surface area contributed by atoms with E-state index in [0.717, 1.165) is 5.69 Å². The Hall–Kier alpha value is -1.49. The molecule has 0 aliphatic carbocycles. The van der Waals surface area contributed by atoms with Crippen LogP contribution in [0.15, 0.2) is 24.3 Å². The van der Waals surface area contributed by atoms with Gasteiger partial charge in [0.2, 0.25) is 5.91 Å². The van der Waals surface area contributed by atoms with Crippen LogP contribution >= 0.6 is 12.6 Å². The first-order valence-electron chi connectivity index (χ1n) is 5.36. The first kappa shape index (κ1) is 12.0. The van der Waals surface area contributed by atoms with Crippen molar-refractivity contribution in [2.24, 2.45) is 5.92 Å². The highest BCUT2D eigenvalue weighted by atomic mass is 32.1. The van der Waals surface area contributed by atoms with Gasteiger partial charge in [0.05, 0.1) is 5.56 Å². The van der Waals surface area contributed by atoms with Crippen molar-refractivity contribution in [3.8, 4) is 0 Å². The van der Waals surface area contributed by atoms with Crippen molar-refractivity contribution in [2.75, 3.05) is 17.2 Å². The van der Waals surface area contributed by atoms with Gasteiger partial charge in [-0.3, -0.25) is 4.79 Å². The third-order valence-corrected chi connectivity index (χ3v) is 3.41. The summed E-state index contributed by atoms with van der Waals surface area (Å²) in [4.78, 5) is 24.1. The van der Waals surface area contributed by atoms with Gasteiger partial charge >= 0.3 is 5.97 Å². The normalized spacial score (nSPS) is 19.7. The Morgan fingerprint density at radius 2 is 2.06 bits per heavy atom. The minimum absolute atomic E-state index is 0.0760. The van der Waals surface area contributed by atoms with Crippen molar-refractivity contribution >= 4 is 30.2 Å². The van der Waals surface area contributed by atoms with Crippen LogP contribution in [0.2, 0.25) is 0 Å². The summed E-state index contributed by atoms with van der Waals surface area (Å²) in [5.74, 6) is 0.0877. The number of rotatable bonds is 3. The number of carbonyl (C=O) groups is 2. The molecule has 4 nitrogen and oxygen atoms in total. The molecule has 1 aliphatic heterocycles. The highest BCUT2D eigenvalue weighted by Crippen LogP contribution is 2.25. The summed E-state index contributed by atoms with van der Waals surface area (Å²) in [6.45, 7) is 0.661. The molecule has 1 aromatic carbocycles. The van der Waals surface area contributed by atoms with Gasteiger partial charge in [-0.1, -0.05) is 0 Å². The number of carboxylic acids is 1. The fraction of sp³-hybridized carbons (Fsp3) is 0.333. The molecule has 1 aliphatic rings. The molecule has 0 spiro atoms. The van der Waals surface area contributed by atoms with E-state index in [-0.39, 0.29) is 17.4 Å². The Morgan fingerprint density at radius 1 is 1.41 bits per heavy atom. The zero-order chi connectivity index (χ0) is 12.4. The van der Waals surface area contributed by atoms with Crippen molar-refractivity contribution in [3.05, 3.63) is 29.8 Å². The van der Waals surface area contributed by atoms with E-state index in [1.54, 1.807) is 17.0 Å². The van der Waals surface area contributed by atoms with Crippen LogP contribution in [0.4, 0.5) is 5.69 Å². The standard InChI is InChI=1S/C12H13NO3S/c14-11-5-8(7-17)6-13(11)10-3-1-9(2-4-10)12(15)16/h1-4,8,17H,5-7H2,(H,15,16). The monoisotopic (exact) mass is 251 g/mol. The van der Waals surface area contributed by atoms with Crippen LogP contribution in [0.5, 0.6) is 0 Å². The number of thiol groups is 1. The second kappa shape index (κ2) is 4.79. The molecule has 1 atom stereocenters. The average molecular weight is 251 g/mol. The molecule has 90 valence electrons. The summed E-state index contributed by atoms with van der Waals surface area (Å²) in [5.41, 5.74) is 0.982. The lowest BCUT2D eigenvalue weighted by Crippen LogP contribution is -2.24. The van der Waals surface area contributed by atoms with Crippen LogP contribution in [0, 0.1) is 5.92 Å². The number of anilines is 1. The number of carbonyl (C=O) groups excluding carboxylic acids is 1. The lowest BCUT2D eigenvalue weighted by Gasteiger charge is -2.16. The number of carboxylic acid groups (broad SMARTS) is 1. The van der Waals surface area contributed by atoms with Gasteiger partial charge in [-0.25, -0.2) is 4.79 Å². The Balaban J connectivity index is 2.18. The zero-order valence-electron chi connectivity index (χ0n) is 9.17. The number of nitrogens with zero attached hydrogens (tertiary/aromatic N) is 1. The van der Waals surface area contributed by atoms with Crippen molar-refractivity contribution in [1.82, 2.24) is 0 Å². The summed E-state index contributed by atoms with van der Waals surface area (Å²) in [7, 11) is 0. The lowest BCUT2D eigenvalue weighted by molar-refractivity contribution is -0.117. The predicted molar refractivity (Wildman–Crippen MR) is 67.7 cm³/mol. The molecule has 0 bridgehead atoms. The van der Waals surface area contributed by atoms with E-state index in [1.807, 2.05) is 0 Å². The molecular formula is C12H13NO3S. The molecule has 1 heterocycles. The predicted octanol–water partition coefficient (Wildman–Crippen LogP) is 1.67. The molecule has 1 saturated heterocycles. The van der Waals surface area contributed by atoms with E-state index in [0.29, 0.717) is 18.7 Å². The maximum atomic E-state index is 11.7. The molecule has 1 fully saturated rings. The fourth-order valence-corrected chi connectivity index (χ4v) is 2.18. The van der Waals surface area contributed by atoms with Crippen LogP contribution in [0.25, 0.3) is 0 Å². The van der Waals surface area contributed by atoms with E-state index in [2.05, 4.69) is 12.6 Å². The quantitative estimate of drug-likeness (QED) is 0.803. The summed E-state index contributed by atoms with van der Waals surface area (Å²) >= 11 is 4.20. The summed E-state index contributed by atoms with van der Waals surface area (Å²) in [5, 5.41) is 8.78. The Morgan fingerprint density at radius 3 is 2.53 bits per heavy atom. The fourth-order valence-electron chi connectivity index (χ4n) is 1.94. The van der Waals surface area contributed by atoms with Gasteiger partial charge in [0.1, 0.15) is 0 Å². The van der Waals surface area contributed by atoms with E-state index in [4.69, 9.17) is 5.11 Å². The van der Waals surface area contributed by atoms with Gasteiger partial charge in [0.15, 0.2) is 0 Å². The molecule has 0 saturated carbocycles. The summed E-state index contributed by atoms with van der Waals surface area (Å²) in [6, 6.07) is 6.36. The molecule has 17 heavy (non-hydrogen) atoms. The van der Waals surface area contributed by atoms with E-state index < -0.39 is 5.97 Å². The molecule has 1 amide bonds. The first-order valence-corrected chi connectivity index (χ1v) is 5.99. The summed E-state index contributed by atoms with van der Waals surface area (Å²) < 4.78 is 0. The van der Waals surface area contributed by atoms with Crippen molar-refractivity contribution in [3.63, 3.8) is 0 Å². The number of benzene rings is 1. The Kier molecular flexibility index (Phi) is 3.38. The highest BCUT2D eigenvalue weighted by molar-refractivity contribution is 7.80. The molecule has 1 N–H and O–H groups in total. The molecule has 2 rings (SSSR count). The molecule has 1 aromatic rings. The summed E-state index contributed by atoms with van der Waals surface area (Å²) in [6.07, 6.45) is 0.518. The average Bonchev–Trinajstić information content (AvgIpc) is 2.71. The number of hydrogen-bond acceptors (Lipinski definition) is 3. The van der Waals surface area contributed by atoms with Crippen LogP contribution in [0.3, 0.4) is 0 Å². The molecule has 0 radical (unpaired) electrons. The van der Waals surface area contributed by atoms with Crippen LogP contribution in [-0.2, 0) is 4.79 Å². The Labute approximate surface area is 105 Å². The molecular weight excluding hydrogens is 238 g/mol. The largest absolute Gasteiger partial charge is 0.478 e. The maximum absolute atomic E-state index is 11.7. The van der Waals surface area contributed by atoms with Gasteiger partial charge in [0, 0.05) is 18.7 Å². The highest BCUT2D eigenvalue weighted by Gasteiger charge is 2.29. The third-order valence-electron chi connectivity index (χ3n) is 2.89. The van der Waals surface area contributed by atoms with Crippen LogP contribution in [-0.4, -0.2) is 29.3 Å². The van der Waals surface area contributed by atoms with Gasteiger partial charge in [-0.15, -0.1) is 0 Å². The van der Waals surface area contributed by atoms with Gasteiger partial charge in [-0.05, 0) is 35.9 Å². The van der Waals surface area contributed by atoms with E-state index in [9.17, 15) is 9.59 Å². The van der Waals surface area contributed by atoms with Crippen LogP contribution < -0.4 is 4.90 Å². The van der Waals surface area contributed by atoms with E-state index in [1.165, 1.54) is 12.1 Å². The minimum atomic E-state index is -0.961. The Bertz CT molecular complexity index is 444. The van der Waals surface area contributed by atoms with Crippen LogP contribution in [0.1, 0.15) is 16.8 Å². The number of amides is 1. The van der Waals surface area contributed by atoms with Crippen molar-refractivity contribution in [2.45, 2.75) is 6.42 Å². The lowest BCUT2D eigenvalue weighted by atomic mass is 10.1. The van der Waals surface area contributed by atoms with Crippen molar-refractivity contribution < 1.29 is 14.7 Å². The molecule has 1 unspecified atom stereocenters. The van der Waals surface area contributed by atoms with Gasteiger partial charge < -0.3 is 10.0 Å². The minimum Gasteiger partial charge on any atom is -0.478 e. The van der Waals surface area contributed by atoms with E-state index >= 15 is 0 Å². The number of aromatic carboxylic acids is 1. The van der Waals surface area contributed by atoms with Crippen molar-refractivity contribution in [1.29, 1.82) is 0 Å². The van der Waals surface area contributed by atoms with Gasteiger partial charge in [0.25, 0.3) is 0 Å². The second-order valence-corrected chi connectivity index (χ2v) is 4.47. The maximum Gasteiger partial charge on any atom is 0.335 e. The SMILES string of the molecule is O=C(O)c1ccc(N2CC(CS)CC2=O)cc1. The first-order chi connectivity index (χ1) is 8.11. The molecule has 5 heteroatoms. The molecule has 0 aromatic heterocycles. The second-order valence-electron chi connectivity index (χ2n) is 4.11. The number of hydrogen-bond donors (Lipinski definition) is 2. The smallest absolute Gasteiger partial charge is 0.335 e.